The predicted molar refractivity (Wildman–Crippen MR) is 139 cm³/mol. The monoisotopic (exact) mass is 512 g/mol. The number of imide groups is 1. The smallest absolute Gasteiger partial charge is 0.308 e. The van der Waals surface area contributed by atoms with E-state index in [4.69, 9.17) is 16.3 Å². The van der Waals surface area contributed by atoms with Crippen LogP contribution in [0.5, 0.6) is 5.75 Å². The molecule has 0 spiro atoms. The van der Waals surface area contributed by atoms with Crippen LogP contribution in [0.25, 0.3) is 6.08 Å². The number of halogens is 1. The predicted octanol–water partition coefficient (Wildman–Crippen LogP) is 4.54. The molecule has 3 aromatic rings. The second-order valence-electron chi connectivity index (χ2n) is 9.26. The number of carbonyl (C=O) groups excluding carboxylic acids is 4. The summed E-state index contributed by atoms with van der Waals surface area (Å²) in [5.74, 6) is -3.06. The van der Waals surface area contributed by atoms with Gasteiger partial charge < -0.3 is 9.64 Å². The average Bonchev–Trinajstić information content (AvgIpc) is 3.37. The lowest BCUT2D eigenvalue weighted by molar-refractivity contribution is -0.132. The number of anilines is 2. The second kappa shape index (κ2) is 8.71. The fourth-order valence-corrected chi connectivity index (χ4v) is 5.86. The molecule has 0 aliphatic carbocycles. The second-order valence-corrected chi connectivity index (χ2v) is 9.70. The van der Waals surface area contributed by atoms with Gasteiger partial charge in [0.1, 0.15) is 6.04 Å². The highest BCUT2D eigenvalue weighted by Crippen LogP contribution is 2.52. The maximum absolute atomic E-state index is 14.1. The molecule has 0 saturated carbocycles. The van der Waals surface area contributed by atoms with Crippen LogP contribution in [-0.2, 0) is 14.4 Å². The number of Topliss-reactive ketones (excluding diaryl/α,β-unsaturated/α-hetero) is 1. The van der Waals surface area contributed by atoms with E-state index in [1.165, 1.54) is 6.92 Å². The molecule has 0 N–H and O–H groups in total. The van der Waals surface area contributed by atoms with Crippen molar-refractivity contribution in [3.8, 4) is 5.75 Å². The van der Waals surface area contributed by atoms with E-state index in [0.717, 1.165) is 10.5 Å². The molecule has 0 radical (unpaired) electrons. The molecule has 3 aliphatic rings. The number of fused-ring (bicyclic) bond motifs is 5. The van der Waals surface area contributed by atoms with E-state index in [1.807, 2.05) is 18.2 Å². The van der Waals surface area contributed by atoms with E-state index in [9.17, 15) is 19.2 Å². The molecule has 8 heteroatoms. The molecule has 0 bridgehead atoms. The number of rotatable bonds is 4. The molecule has 0 aromatic heterocycles. The SMILES string of the molecule is CC(=O)Oc1cccc2c1N1[C@H](C=C2)[C@@H]2C(=O)N(c3ccc(Cl)cc3)C(=O)[C@H]2[C@H]1C(=O)c1ccccc1. The van der Waals surface area contributed by atoms with E-state index in [2.05, 4.69) is 0 Å². The average molecular weight is 513 g/mol. The van der Waals surface area contributed by atoms with Crippen LogP contribution in [0.2, 0.25) is 5.02 Å². The summed E-state index contributed by atoms with van der Waals surface area (Å²) >= 11 is 6.02. The summed E-state index contributed by atoms with van der Waals surface area (Å²) in [7, 11) is 0. The molecule has 2 fully saturated rings. The number of para-hydroxylation sites is 1. The summed E-state index contributed by atoms with van der Waals surface area (Å²) in [6.45, 7) is 1.30. The molecule has 3 aliphatic heterocycles. The van der Waals surface area contributed by atoms with Gasteiger partial charge in [0, 0.05) is 23.1 Å². The van der Waals surface area contributed by atoms with Crippen LogP contribution in [0, 0.1) is 11.8 Å². The van der Waals surface area contributed by atoms with Crippen molar-refractivity contribution in [3.05, 3.63) is 95.0 Å². The lowest BCUT2D eigenvalue weighted by Gasteiger charge is -2.37. The highest BCUT2D eigenvalue weighted by Gasteiger charge is 2.64. The maximum atomic E-state index is 14.1. The summed E-state index contributed by atoms with van der Waals surface area (Å²) in [5.41, 5.74) is 2.09. The molecule has 0 unspecified atom stereocenters. The summed E-state index contributed by atoms with van der Waals surface area (Å²) in [4.78, 5) is 56.7. The first-order valence-corrected chi connectivity index (χ1v) is 12.2. The Balaban J connectivity index is 1.52. The number of esters is 1. The molecule has 4 atom stereocenters. The number of nitrogens with zero attached hydrogens (tertiary/aromatic N) is 2. The van der Waals surface area contributed by atoms with E-state index in [0.29, 0.717) is 22.0 Å². The van der Waals surface area contributed by atoms with Gasteiger partial charge in [0.2, 0.25) is 11.8 Å². The Hall–Kier alpha value is -4.23. The standard InChI is InChI=1S/C29H21ClN2O5/c1-16(33)37-22-9-5-8-17-10-15-21-23-24(29(36)31(28(23)35)20-13-11-19(30)12-14-20)26(32(21)25(17)22)27(34)18-6-3-2-4-7-18/h2-15,21,23-24,26H,1H3/t21-,23+,24-,26+/m1/s1. The number of carbonyl (C=O) groups is 4. The van der Waals surface area contributed by atoms with Crippen LogP contribution in [0.4, 0.5) is 11.4 Å². The minimum absolute atomic E-state index is 0.277. The molecule has 7 nitrogen and oxygen atoms in total. The fraction of sp³-hybridized carbons (Fsp3) is 0.172. The van der Waals surface area contributed by atoms with Gasteiger partial charge in [-0.25, -0.2) is 4.90 Å². The number of ether oxygens (including phenoxy) is 1. The molecule has 3 heterocycles. The topological polar surface area (TPSA) is 84.0 Å². The highest BCUT2D eigenvalue weighted by atomic mass is 35.5. The van der Waals surface area contributed by atoms with Crippen molar-refractivity contribution in [2.75, 3.05) is 9.80 Å². The minimum Gasteiger partial charge on any atom is -0.424 e. The molecule has 2 saturated heterocycles. The van der Waals surface area contributed by atoms with Crippen molar-refractivity contribution < 1.29 is 23.9 Å². The number of benzene rings is 3. The molecule has 184 valence electrons. The Kier molecular flexibility index (Phi) is 5.46. The van der Waals surface area contributed by atoms with E-state index >= 15 is 0 Å². The number of ketones is 1. The first-order chi connectivity index (χ1) is 17.9. The van der Waals surface area contributed by atoms with Gasteiger partial charge in [0.15, 0.2) is 11.5 Å². The third-order valence-corrected chi connectivity index (χ3v) is 7.41. The normalized spacial score (nSPS) is 23.5. The quantitative estimate of drug-likeness (QED) is 0.221. The third-order valence-electron chi connectivity index (χ3n) is 7.15. The van der Waals surface area contributed by atoms with Crippen molar-refractivity contribution >= 4 is 52.6 Å². The highest BCUT2D eigenvalue weighted by molar-refractivity contribution is 6.31. The fourth-order valence-electron chi connectivity index (χ4n) is 5.73. The van der Waals surface area contributed by atoms with E-state index in [1.54, 1.807) is 71.6 Å². The number of hydrogen-bond donors (Lipinski definition) is 0. The van der Waals surface area contributed by atoms with Gasteiger partial charge in [0.05, 0.1) is 29.3 Å². The first-order valence-electron chi connectivity index (χ1n) is 11.9. The Morgan fingerprint density at radius 2 is 1.57 bits per heavy atom. The molecule has 2 amide bonds. The van der Waals surface area contributed by atoms with Crippen LogP contribution in [0.3, 0.4) is 0 Å². The van der Waals surface area contributed by atoms with Gasteiger partial charge in [-0.1, -0.05) is 66.2 Å². The summed E-state index contributed by atoms with van der Waals surface area (Å²) in [5, 5.41) is 0.483. The molecule has 37 heavy (non-hydrogen) atoms. The summed E-state index contributed by atoms with van der Waals surface area (Å²) in [6, 6.07) is 18.9. The Bertz CT molecular complexity index is 1480. The molecular weight excluding hydrogens is 492 g/mol. The van der Waals surface area contributed by atoms with Crippen molar-refractivity contribution in [2.45, 2.75) is 19.0 Å². The number of hydrogen-bond acceptors (Lipinski definition) is 6. The zero-order chi connectivity index (χ0) is 25.8. The van der Waals surface area contributed by atoms with Crippen LogP contribution in [-0.4, -0.2) is 35.7 Å². The molecular formula is C29H21ClN2O5. The van der Waals surface area contributed by atoms with Gasteiger partial charge in [-0.3, -0.25) is 19.2 Å². The Labute approximate surface area is 217 Å². The van der Waals surface area contributed by atoms with Crippen LogP contribution < -0.4 is 14.5 Å². The lowest BCUT2D eigenvalue weighted by atomic mass is 9.86. The van der Waals surface area contributed by atoms with Gasteiger partial charge >= 0.3 is 5.97 Å². The van der Waals surface area contributed by atoms with Crippen LogP contribution in [0.15, 0.2) is 78.9 Å². The van der Waals surface area contributed by atoms with Crippen molar-refractivity contribution in [1.29, 1.82) is 0 Å². The third kappa shape index (κ3) is 3.57. The maximum Gasteiger partial charge on any atom is 0.308 e. The first kappa shape index (κ1) is 23.2. The van der Waals surface area contributed by atoms with Crippen LogP contribution in [0.1, 0.15) is 22.8 Å². The van der Waals surface area contributed by atoms with Crippen molar-refractivity contribution in [2.24, 2.45) is 11.8 Å². The Morgan fingerprint density at radius 1 is 0.865 bits per heavy atom. The minimum atomic E-state index is -0.980. The molecule has 3 aromatic carbocycles. The van der Waals surface area contributed by atoms with Gasteiger partial charge in [-0.05, 0) is 30.3 Å². The van der Waals surface area contributed by atoms with E-state index in [-0.39, 0.29) is 17.4 Å². The summed E-state index contributed by atoms with van der Waals surface area (Å²) in [6.07, 6.45) is 3.70. The zero-order valence-corrected chi connectivity index (χ0v) is 20.5. The lowest BCUT2D eigenvalue weighted by Crippen LogP contribution is -2.49. The van der Waals surface area contributed by atoms with Crippen molar-refractivity contribution in [3.63, 3.8) is 0 Å². The number of amides is 2. The van der Waals surface area contributed by atoms with Gasteiger partial charge in [0.25, 0.3) is 0 Å². The molecule has 6 rings (SSSR count). The van der Waals surface area contributed by atoms with Gasteiger partial charge in [-0.2, -0.15) is 0 Å². The van der Waals surface area contributed by atoms with Gasteiger partial charge in [-0.15, -0.1) is 0 Å². The summed E-state index contributed by atoms with van der Waals surface area (Å²) < 4.78 is 5.51. The van der Waals surface area contributed by atoms with Crippen LogP contribution >= 0.6 is 11.6 Å². The Morgan fingerprint density at radius 3 is 2.27 bits per heavy atom. The largest absolute Gasteiger partial charge is 0.424 e. The zero-order valence-electron chi connectivity index (χ0n) is 19.7. The van der Waals surface area contributed by atoms with E-state index < -0.39 is 35.8 Å². The van der Waals surface area contributed by atoms with Crippen molar-refractivity contribution in [1.82, 2.24) is 0 Å².